The lowest BCUT2D eigenvalue weighted by atomic mass is 9.79. The van der Waals surface area contributed by atoms with E-state index in [4.69, 9.17) is 0 Å². The Morgan fingerprint density at radius 1 is 1.24 bits per heavy atom. The van der Waals surface area contributed by atoms with Crippen LogP contribution in [0.4, 0.5) is 13.2 Å². The Bertz CT molecular complexity index is 396. The van der Waals surface area contributed by atoms with Gasteiger partial charge in [0.15, 0.2) is 0 Å². The summed E-state index contributed by atoms with van der Waals surface area (Å²) in [6.07, 6.45) is -2.30. The molecule has 0 bridgehead atoms. The zero-order valence-corrected chi connectivity index (χ0v) is 9.59. The van der Waals surface area contributed by atoms with Gasteiger partial charge in [0.25, 0.3) is 0 Å². The van der Waals surface area contributed by atoms with Crippen LogP contribution in [0.25, 0.3) is 0 Å². The second-order valence-electron chi connectivity index (χ2n) is 4.90. The molecular formula is C13H15F3O. The van der Waals surface area contributed by atoms with Crippen LogP contribution < -0.4 is 0 Å². The van der Waals surface area contributed by atoms with Crippen LogP contribution >= 0.6 is 0 Å². The number of halogens is 3. The van der Waals surface area contributed by atoms with Crippen molar-refractivity contribution in [2.45, 2.75) is 43.9 Å². The highest BCUT2D eigenvalue weighted by Gasteiger charge is 2.39. The van der Waals surface area contributed by atoms with E-state index in [1.54, 1.807) is 0 Å². The average Bonchev–Trinajstić information content (AvgIpc) is 2.60. The van der Waals surface area contributed by atoms with Crippen LogP contribution in [0.5, 0.6) is 0 Å². The molecule has 1 aliphatic rings. The lowest BCUT2D eigenvalue weighted by molar-refractivity contribution is -0.137. The molecule has 1 fully saturated rings. The summed E-state index contributed by atoms with van der Waals surface area (Å²) in [4.78, 5) is 0. The number of alkyl halides is 3. The van der Waals surface area contributed by atoms with Crippen molar-refractivity contribution in [2.24, 2.45) is 0 Å². The molecule has 1 saturated carbocycles. The fourth-order valence-electron chi connectivity index (χ4n) is 2.52. The van der Waals surface area contributed by atoms with Gasteiger partial charge >= 0.3 is 6.18 Å². The Morgan fingerprint density at radius 2 is 1.82 bits per heavy atom. The van der Waals surface area contributed by atoms with Crippen LogP contribution in [0.1, 0.15) is 37.3 Å². The molecule has 1 N–H and O–H groups in total. The van der Waals surface area contributed by atoms with Gasteiger partial charge in [0.2, 0.25) is 0 Å². The van der Waals surface area contributed by atoms with Crippen molar-refractivity contribution in [3.05, 3.63) is 35.4 Å². The second kappa shape index (κ2) is 4.02. The van der Waals surface area contributed by atoms with Crippen molar-refractivity contribution in [2.75, 3.05) is 0 Å². The topological polar surface area (TPSA) is 20.2 Å². The van der Waals surface area contributed by atoms with E-state index >= 15 is 0 Å². The Kier molecular flexibility index (Phi) is 2.94. The van der Waals surface area contributed by atoms with Crippen LogP contribution in [0.3, 0.4) is 0 Å². The van der Waals surface area contributed by atoms with E-state index in [2.05, 4.69) is 0 Å². The van der Waals surface area contributed by atoms with Gasteiger partial charge in [0, 0.05) is 5.41 Å². The molecule has 94 valence electrons. The van der Waals surface area contributed by atoms with Gasteiger partial charge in [0.1, 0.15) is 0 Å². The maximum Gasteiger partial charge on any atom is 0.416 e. The third-order valence-corrected chi connectivity index (χ3v) is 3.78. The SMILES string of the molecule is CC1(c2ccc(C(F)(F)F)cc2)CCCC1O. The average molecular weight is 244 g/mol. The number of aliphatic hydroxyl groups excluding tert-OH is 1. The maximum atomic E-state index is 12.4. The molecule has 0 spiro atoms. The standard InChI is InChI=1S/C13H15F3O/c1-12(8-2-3-11(12)17)9-4-6-10(7-5-9)13(14,15)16/h4-7,11,17H,2-3,8H2,1H3. The maximum absolute atomic E-state index is 12.4. The van der Waals surface area contributed by atoms with Gasteiger partial charge in [-0.1, -0.05) is 19.1 Å². The molecule has 0 saturated heterocycles. The number of benzene rings is 1. The first-order valence-corrected chi connectivity index (χ1v) is 5.70. The number of hydrogen-bond acceptors (Lipinski definition) is 1. The Hall–Kier alpha value is -1.03. The van der Waals surface area contributed by atoms with Gasteiger partial charge in [-0.15, -0.1) is 0 Å². The molecule has 0 amide bonds. The van der Waals surface area contributed by atoms with Gasteiger partial charge in [-0.25, -0.2) is 0 Å². The summed E-state index contributed by atoms with van der Waals surface area (Å²) in [5, 5.41) is 9.91. The summed E-state index contributed by atoms with van der Waals surface area (Å²) in [7, 11) is 0. The smallest absolute Gasteiger partial charge is 0.392 e. The third kappa shape index (κ3) is 2.18. The molecular weight excluding hydrogens is 229 g/mol. The Morgan fingerprint density at radius 3 is 2.24 bits per heavy atom. The van der Waals surface area contributed by atoms with Crippen LogP contribution in [0.15, 0.2) is 24.3 Å². The minimum Gasteiger partial charge on any atom is -0.392 e. The molecule has 1 aromatic carbocycles. The highest BCUT2D eigenvalue weighted by atomic mass is 19.4. The van der Waals surface area contributed by atoms with Crippen molar-refractivity contribution in [1.29, 1.82) is 0 Å². The number of hydrogen-bond donors (Lipinski definition) is 1. The van der Waals surface area contributed by atoms with Crippen molar-refractivity contribution >= 4 is 0 Å². The zero-order chi connectivity index (χ0) is 12.7. The molecule has 0 aliphatic heterocycles. The molecule has 1 aliphatic carbocycles. The predicted octanol–water partition coefficient (Wildman–Crippen LogP) is 3.51. The van der Waals surface area contributed by atoms with E-state index < -0.39 is 23.3 Å². The summed E-state index contributed by atoms with van der Waals surface area (Å²) in [5.74, 6) is 0. The van der Waals surface area contributed by atoms with Gasteiger partial charge in [-0.05, 0) is 37.0 Å². The first-order chi connectivity index (χ1) is 7.84. The number of aliphatic hydroxyl groups is 1. The molecule has 17 heavy (non-hydrogen) atoms. The van der Waals surface area contributed by atoms with Crippen LogP contribution in [0, 0.1) is 0 Å². The fraction of sp³-hybridized carbons (Fsp3) is 0.538. The molecule has 0 radical (unpaired) electrons. The highest BCUT2D eigenvalue weighted by molar-refractivity contribution is 5.32. The predicted molar refractivity (Wildman–Crippen MR) is 58.7 cm³/mol. The van der Waals surface area contributed by atoms with E-state index in [1.165, 1.54) is 12.1 Å². The Labute approximate surface area is 98.3 Å². The quantitative estimate of drug-likeness (QED) is 0.801. The summed E-state index contributed by atoms with van der Waals surface area (Å²) in [6, 6.07) is 5.14. The van der Waals surface area contributed by atoms with Gasteiger partial charge < -0.3 is 5.11 Å². The number of rotatable bonds is 1. The van der Waals surface area contributed by atoms with Gasteiger partial charge in [-0.2, -0.15) is 13.2 Å². The first kappa shape index (κ1) is 12.4. The lowest BCUT2D eigenvalue weighted by Crippen LogP contribution is -2.31. The molecule has 0 aromatic heterocycles. The Balaban J connectivity index is 2.30. The van der Waals surface area contributed by atoms with E-state index in [0.717, 1.165) is 37.0 Å². The molecule has 4 heteroatoms. The highest BCUT2D eigenvalue weighted by Crippen LogP contribution is 2.41. The van der Waals surface area contributed by atoms with Gasteiger partial charge in [0.05, 0.1) is 11.7 Å². The van der Waals surface area contributed by atoms with Gasteiger partial charge in [-0.3, -0.25) is 0 Å². The van der Waals surface area contributed by atoms with Crippen LogP contribution in [-0.4, -0.2) is 11.2 Å². The van der Waals surface area contributed by atoms with Crippen LogP contribution in [-0.2, 0) is 11.6 Å². The molecule has 1 aromatic rings. The monoisotopic (exact) mass is 244 g/mol. The van der Waals surface area contributed by atoms with E-state index in [9.17, 15) is 18.3 Å². The normalized spacial score (nSPS) is 29.6. The molecule has 0 heterocycles. The first-order valence-electron chi connectivity index (χ1n) is 5.70. The molecule has 2 atom stereocenters. The second-order valence-corrected chi connectivity index (χ2v) is 4.90. The molecule has 1 nitrogen and oxygen atoms in total. The molecule has 2 rings (SSSR count). The van der Waals surface area contributed by atoms with E-state index in [0.29, 0.717) is 0 Å². The summed E-state index contributed by atoms with van der Waals surface area (Å²) >= 11 is 0. The van der Waals surface area contributed by atoms with Crippen molar-refractivity contribution in [1.82, 2.24) is 0 Å². The zero-order valence-electron chi connectivity index (χ0n) is 9.59. The molecule has 2 unspecified atom stereocenters. The van der Waals surface area contributed by atoms with Crippen molar-refractivity contribution in [3.8, 4) is 0 Å². The lowest BCUT2D eigenvalue weighted by Gasteiger charge is -2.29. The fourth-order valence-corrected chi connectivity index (χ4v) is 2.52. The largest absolute Gasteiger partial charge is 0.416 e. The van der Waals surface area contributed by atoms with Crippen molar-refractivity contribution in [3.63, 3.8) is 0 Å². The van der Waals surface area contributed by atoms with Crippen molar-refractivity contribution < 1.29 is 18.3 Å². The van der Waals surface area contributed by atoms with E-state index in [-0.39, 0.29) is 0 Å². The minimum absolute atomic E-state index is 0.399. The van der Waals surface area contributed by atoms with Crippen LogP contribution in [0.2, 0.25) is 0 Å². The summed E-state index contributed by atoms with van der Waals surface area (Å²) in [6.45, 7) is 1.91. The van der Waals surface area contributed by atoms with E-state index in [1.807, 2.05) is 6.92 Å². The third-order valence-electron chi connectivity index (χ3n) is 3.78. The summed E-state index contributed by atoms with van der Waals surface area (Å²) in [5.41, 5.74) is -0.253. The minimum atomic E-state index is -4.30. The summed E-state index contributed by atoms with van der Waals surface area (Å²) < 4.78 is 37.3.